The lowest BCUT2D eigenvalue weighted by atomic mass is 9.51. The first kappa shape index (κ1) is 47.6. The average Bonchev–Trinajstić information content (AvgIpc) is 3.29. The number of ether oxygens (including phenoxy) is 1. The Balaban J connectivity index is 1.15. The Morgan fingerprint density at radius 1 is 0.443 bits per heavy atom. The van der Waals surface area contributed by atoms with Crippen LogP contribution in [-0.2, 0) is 15.6 Å². The van der Waals surface area contributed by atoms with Gasteiger partial charge in [-0.05, 0) is 84.7 Å². The summed E-state index contributed by atoms with van der Waals surface area (Å²) in [5.74, 6) is -3.01. The molecule has 1 nitrogen and oxygen atoms in total. The first-order chi connectivity index (χ1) is 29.7. The molecule has 0 aliphatic heterocycles. The van der Waals surface area contributed by atoms with Crippen LogP contribution in [0.25, 0.3) is 0 Å². The number of benzene rings is 2. The van der Waals surface area contributed by atoms with Gasteiger partial charge in [-0.25, -0.2) is 17.6 Å². The largest absolute Gasteiger partial charge is 0.380 e. The molecule has 0 saturated heterocycles. The highest BCUT2D eigenvalue weighted by Gasteiger charge is 2.51. The van der Waals surface area contributed by atoms with Crippen molar-refractivity contribution in [2.75, 3.05) is 13.2 Å². The Bertz CT molecular complexity index is 1600. The van der Waals surface area contributed by atoms with E-state index < -0.39 is 34.1 Å². The quantitative estimate of drug-likeness (QED) is 0.0581. The molecule has 6 rings (SSSR count). The van der Waals surface area contributed by atoms with Crippen LogP contribution in [0.1, 0.15) is 192 Å². The van der Waals surface area contributed by atoms with Gasteiger partial charge in [-0.1, -0.05) is 203 Å². The van der Waals surface area contributed by atoms with Crippen molar-refractivity contribution in [1.82, 2.24) is 0 Å². The maximum Gasteiger partial charge on any atom is 0.159 e. The standard InChI is InChI=1S/C56H78F4O/c1-3-5-7-9-11-13-17-31-53(33-19-15-20-34-53)55(47-23-25-49(57)51(59)41-47)37-27-45(28-38-55)43-61-44-46-29-39-56(40-30-46,48-24-26-50(58)52(60)42-48)54(35-21-16-22-36-54)32-18-14-12-10-8-6-4-2/h23-30,37-42,45-46H,3-22,31-36,43-44H2,1-2H3. The minimum atomic E-state index is -0.798. The molecule has 0 amide bonds. The highest BCUT2D eigenvalue weighted by atomic mass is 19.2. The zero-order chi connectivity index (χ0) is 43.0. The van der Waals surface area contributed by atoms with E-state index in [1.165, 1.54) is 114 Å². The minimum Gasteiger partial charge on any atom is -0.380 e. The van der Waals surface area contributed by atoms with Crippen LogP contribution in [0, 0.1) is 45.9 Å². The molecule has 0 unspecified atom stereocenters. The molecule has 0 radical (unpaired) electrons. The summed E-state index contributed by atoms with van der Waals surface area (Å²) in [4.78, 5) is 0. The summed E-state index contributed by atoms with van der Waals surface area (Å²) < 4.78 is 65.2. The van der Waals surface area contributed by atoms with Crippen molar-refractivity contribution >= 4 is 0 Å². The predicted molar refractivity (Wildman–Crippen MR) is 247 cm³/mol. The Morgan fingerprint density at radius 3 is 1.13 bits per heavy atom. The molecule has 0 atom stereocenters. The average molecular weight is 843 g/mol. The molecule has 4 aliphatic carbocycles. The Kier molecular flexibility index (Phi) is 18.0. The molecule has 61 heavy (non-hydrogen) atoms. The van der Waals surface area contributed by atoms with Gasteiger partial charge in [0.2, 0.25) is 0 Å². The van der Waals surface area contributed by atoms with E-state index >= 15 is 8.78 Å². The van der Waals surface area contributed by atoms with Crippen molar-refractivity contribution in [3.63, 3.8) is 0 Å². The second kappa shape index (κ2) is 23.1. The van der Waals surface area contributed by atoms with Crippen LogP contribution in [0.2, 0.25) is 0 Å². The van der Waals surface area contributed by atoms with Crippen molar-refractivity contribution in [1.29, 1.82) is 0 Å². The van der Waals surface area contributed by atoms with Crippen molar-refractivity contribution in [2.24, 2.45) is 22.7 Å². The topological polar surface area (TPSA) is 9.23 Å². The van der Waals surface area contributed by atoms with Gasteiger partial charge in [-0.2, -0.15) is 0 Å². The van der Waals surface area contributed by atoms with Crippen LogP contribution < -0.4 is 0 Å². The number of hydrogen-bond donors (Lipinski definition) is 0. The lowest BCUT2D eigenvalue weighted by molar-refractivity contribution is 0.0920. The summed E-state index contributed by atoms with van der Waals surface area (Å²) in [6.07, 6.45) is 49.6. The van der Waals surface area contributed by atoms with Crippen LogP contribution in [0.5, 0.6) is 0 Å². The molecule has 2 aromatic carbocycles. The number of rotatable bonds is 24. The van der Waals surface area contributed by atoms with Gasteiger partial charge >= 0.3 is 0 Å². The second-order valence-electron chi connectivity index (χ2n) is 19.7. The number of hydrogen-bond acceptors (Lipinski definition) is 1. The third kappa shape index (κ3) is 11.4. The van der Waals surface area contributed by atoms with Gasteiger partial charge in [0.1, 0.15) is 0 Å². The van der Waals surface area contributed by atoms with E-state index in [2.05, 4.69) is 62.5 Å². The van der Waals surface area contributed by atoms with E-state index in [4.69, 9.17) is 4.74 Å². The zero-order valence-corrected chi connectivity index (χ0v) is 38.0. The van der Waals surface area contributed by atoms with E-state index in [0.717, 1.165) is 88.2 Å². The molecule has 0 aromatic heterocycles. The fraction of sp³-hybridized carbons (Fsp3) is 0.643. The summed E-state index contributed by atoms with van der Waals surface area (Å²) >= 11 is 0. The third-order valence-electron chi connectivity index (χ3n) is 15.7. The predicted octanol–water partition coefficient (Wildman–Crippen LogP) is 17.1. The molecule has 5 heteroatoms. The molecule has 0 spiro atoms. The van der Waals surface area contributed by atoms with E-state index in [9.17, 15) is 8.78 Å². The maximum absolute atomic E-state index is 15.0. The smallest absolute Gasteiger partial charge is 0.159 e. The highest BCUT2D eigenvalue weighted by Crippen LogP contribution is 2.59. The van der Waals surface area contributed by atoms with Gasteiger partial charge in [0.15, 0.2) is 23.3 Å². The summed E-state index contributed by atoms with van der Waals surface area (Å²) in [5, 5.41) is 0. The van der Waals surface area contributed by atoms with Gasteiger partial charge in [-0.15, -0.1) is 0 Å². The summed E-state index contributed by atoms with van der Waals surface area (Å²) in [5.41, 5.74) is 0.631. The Hall–Kier alpha value is -2.92. The van der Waals surface area contributed by atoms with Gasteiger partial charge in [-0.3, -0.25) is 0 Å². The Morgan fingerprint density at radius 2 is 0.787 bits per heavy atom. The Labute approximate surface area is 368 Å². The van der Waals surface area contributed by atoms with Crippen molar-refractivity contribution in [3.05, 3.63) is 119 Å². The van der Waals surface area contributed by atoms with Gasteiger partial charge < -0.3 is 4.74 Å². The highest BCUT2D eigenvalue weighted by molar-refractivity contribution is 5.46. The van der Waals surface area contributed by atoms with E-state index in [-0.39, 0.29) is 22.7 Å². The molecular weight excluding hydrogens is 765 g/mol. The lowest BCUT2D eigenvalue weighted by Gasteiger charge is -2.52. The maximum atomic E-state index is 15.0. The molecule has 336 valence electrons. The molecule has 0 N–H and O–H groups in total. The molecule has 2 fully saturated rings. The summed E-state index contributed by atoms with van der Waals surface area (Å²) in [7, 11) is 0. The minimum absolute atomic E-state index is 0.0419. The van der Waals surface area contributed by atoms with E-state index in [1.807, 2.05) is 12.1 Å². The molecule has 2 aromatic rings. The van der Waals surface area contributed by atoms with Crippen LogP contribution in [-0.4, -0.2) is 13.2 Å². The molecule has 4 aliphatic rings. The van der Waals surface area contributed by atoms with Gasteiger partial charge in [0, 0.05) is 22.7 Å². The molecule has 0 heterocycles. The zero-order valence-electron chi connectivity index (χ0n) is 38.0. The van der Waals surface area contributed by atoms with Crippen molar-refractivity contribution in [2.45, 2.75) is 192 Å². The van der Waals surface area contributed by atoms with Crippen LogP contribution >= 0.6 is 0 Å². The number of unbranched alkanes of at least 4 members (excludes halogenated alkanes) is 12. The first-order valence-corrected chi connectivity index (χ1v) is 25.0. The summed E-state index contributed by atoms with van der Waals surface area (Å²) in [6, 6.07) is 9.17. The van der Waals surface area contributed by atoms with Gasteiger partial charge in [0.05, 0.1) is 13.2 Å². The molecule has 0 bridgehead atoms. The fourth-order valence-electron chi connectivity index (χ4n) is 12.2. The third-order valence-corrected chi connectivity index (χ3v) is 15.7. The lowest BCUT2D eigenvalue weighted by Crippen LogP contribution is -2.46. The molecule has 2 saturated carbocycles. The van der Waals surface area contributed by atoms with E-state index in [1.54, 1.807) is 0 Å². The SMILES string of the molecule is CCCCCCCCCC1(C2(c3ccc(F)c(F)c3)C=CC(COCC3C=CC(c4ccc(F)c(F)c4)(C4(CCCCCCCCC)CCCCC4)C=C3)C=C2)CCCCC1. The number of allylic oxidation sites excluding steroid dienone is 4. The summed E-state index contributed by atoms with van der Waals surface area (Å²) in [6.45, 7) is 5.57. The second-order valence-corrected chi connectivity index (χ2v) is 19.7. The van der Waals surface area contributed by atoms with Crippen LogP contribution in [0.15, 0.2) is 85.0 Å². The van der Waals surface area contributed by atoms with Crippen molar-refractivity contribution in [3.8, 4) is 0 Å². The van der Waals surface area contributed by atoms with E-state index in [0.29, 0.717) is 13.2 Å². The number of halogens is 4. The normalized spacial score (nSPS) is 25.6. The molecular formula is C56H78F4O. The van der Waals surface area contributed by atoms with Crippen molar-refractivity contribution < 1.29 is 22.3 Å². The fourth-order valence-corrected chi connectivity index (χ4v) is 12.2. The first-order valence-electron chi connectivity index (χ1n) is 25.0. The monoisotopic (exact) mass is 843 g/mol. The van der Waals surface area contributed by atoms with Crippen LogP contribution in [0.3, 0.4) is 0 Å². The van der Waals surface area contributed by atoms with Crippen LogP contribution in [0.4, 0.5) is 17.6 Å². The van der Waals surface area contributed by atoms with Gasteiger partial charge in [0.25, 0.3) is 0 Å².